The van der Waals surface area contributed by atoms with Crippen molar-refractivity contribution in [2.75, 3.05) is 23.7 Å². The number of nitrogens with one attached hydrogen (secondary N) is 3. The zero-order valence-corrected chi connectivity index (χ0v) is 18.0. The molecule has 0 saturated carbocycles. The van der Waals surface area contributed by atoms with Crippen LogP contribution >= 0.6 is 0 Å². The molecule has 1 aliphatic heterocycles. The summed E-state index contributed by atoms with van der Waals surface area (Å²) in [4.78, 5) is 24.6. The molecular weight excluding hydrogens is 418 g/mol. The van der Waals surface area contributed by atoms with Crippen LogP contribution in [0, 0.1) is 13.8 Å². The Kier molecular flexibility index (Phi) is 5.70. The highest BCUT2D eigenvalue weighted by Gasteiger charge is 2.19. The summed E-state index contributed by atoms with van der Waals surface area (Å²) >= 11 is 0. The Morgan fingerprint density at radius 1 is 1.13 bits per heavy atom. The fraction of sp³-hybridized carbons (Fsp3) is 0.300. The number of hydrogen-bond donors (Lipinski definition) is 3. The average molecular weight is 442 g/mol. The van der Waals surface area contributed by atoms with Crippen molar-refractivity contribution < 1.29 is 13.2 Å². The highest BCUT2D eigenvalue weighted by Crippen LogP contribution is 2.25. The average Bonchev–Trinajstić information content (AvgIpc) is 3.16. The maximum absolute atomic E-state index is 12.6. The van der Waals surface area contributed by atoms with E-state index in [-0.39, 0.29) is 17.3 Å². The van der Waals surface area contributed by atoms with E-state index >= 15 is 0 Å². The second-order valence-corrected chi connectivity index (χ2v) is 8.96. The smallest absolute Gasteiger partial charge is 0.240 e. The molecule has 3 heterocycles. The van der Waals surface area contributed by atoms with Gasteiger partial charge in [0.25, 0.3) is 0 Å². The van der Waals surface area contributed by atoms with Crippen molar-refractivity contribution in [2.24, 2.45) is 0 Å². The van der Waals surface area contributed by atoms with Gasteiger partial charge in [-0.2, -0.15) is 0 Å². The van der Waals surface area contributed by atoms with Gasteiger partial charge < -0.3 is 10.6 Å². The largest absolute Gasteiger partial charge is 0.369 e. The van der Waals surface area contributed by atoms with Crippen LogP contribution in [-0.4, -0.2) is 46.9 Å². The van der Waals surface area contributed by atoms with Crippen LogP contribution in [0.1, 0.15) is 23.6 Å². The van der Waals surface area contributed by atoms with Gasteiger partial charge in [-0.15, -0.1) is 0 Å². The Bertz CT molecular complexity index is 1240. The Labute approximate surface area is 180 Å². The van der Waals surface area contributed by atoms with Gasteiger partial charge in [0, 0.05) is 43.7 Å². The van der Waals surface area contributed by atoms with Gasteiger partial charge in [-0.1, -0.05) is 0 Å². The lowest BCUT2D eigenvalue weighted by Crippen LogP contribution is -2.29. The van der Waals surface area contributed by atoms with E-state index in [0.717, 1.165) is 11.4 Å². The summed E-state index contributed by atoms with van der Waals surface area (Å²) in [7, 11) is -3.67. The number of fused-ring (bicyclic) bond motifs is 1. The highest BCUT2D eigenvalue weighted by molar-refractivity contribution is 7.89. The van der Waals surface area contributed by atoms with Crippen molar-refractivity contribution in [3.05, 3.63) is 53.9 Å². The number of carbonyl (C=O) groups is 1. The van der Waals surface area contributed by atoms with E-state index in [9.17, 15) is 13.2 Å². The van der Waals surface area contributed by atoms with Gasteiger partial charge in [0.1, 0.15) is 23.3 Å². The Balaban J connectivity index is 1.38. The minimum atomic E-state index is -3.67. The quantitative estimate of drug-likeness (QED) is 0.474. The van der Waals surface area contributed by atoms with Gasteiger partial charge in [0.15, 0.2) is 0 Å². The Morgan fingerprint density at radius 2 is 1.97 bits per heavy atom. The van der Waals surface area contributed by atoms with Gasteiger partial charge in [-0.3, -0.25) is 9.36 Å². The van der Waals surface area contributed by atoms with Crippen molar-refractivity contribution in [1.29, 1.82) is 0 Å². The molecule has 0 radical (unpaired) electrons. The van der Waals surface area contributed by atoms with Crippen molar-refractivity contribution >= 4 is 27.4 Å². The van der Waals surface area contributed by atoms with E-state index in [1.165, 1.54) is 6.07 Å². The second-order valence-electron chi connectivity index (χ2n) is 7.19. The molecule has 162 valence electrons. The van der Waals surface area contributed by atoms with E-state index in [1.807, 2.05) is 17.7 Å². The number of rotatable bonds is 7. The lowest BCUT2D eigenvalue weighted by atomic mass is 10.0. The Morgan fingerprint density at radius 3 is 2.74 bits per heavy atom. The first-order valence-electron chi connectivity index (χ1n) is 9.84. The van der Waals surface area contributed by atoms with E-state index in [1.54, 1.807) is 31.3 Å². The number of benzene rings is 1. The molecule has 4 rings (SSSR count). The van der Waals surface area contributed by atoms with Crippen LogP contribution in [0.2, 0.25) is 0 Å². The van der Waals surface area contributed by atoms with Crippen molar-refractivity contribution in [3.63, 3.8) is 0 Å². The van der Waals surface area contributed by atoms with Crippen molar-refractivity contribution in [1.82, 2.24) is 24.2 Å². The monoisotopic (exact) mass is 441 g/mol. The van der Waals surface area contributed by atoms with Crippen LogP contribution < -0.4 is 15.4 Å². The lowest BCUT2D eigenvalue weighted by molar-refractivity contribution is -0.116. The number of imidazole rings is 1. The van der Waals surface area contributed by atoms with Crippen molar-refractivity contribution in [2.45, 2.75) is 31.6 Å². The van der Waals surface area contributed by atoms with Crippen LogP contribution in [0.15, 0.2) is 41.6 Å². The third-order valence-electron chi connectivity index (χ3n) is 4.90. The second kappa shape index (κ2) is 8.44. The lowest BCUT2D eigenvalue weighted by Gasteiger charge is -2.17. The minimum Gasteiger partial charge on any atom is -0.369 e. The van der Waals surface area contributed by atoms with Gasteiger partial charge >= 0.3 is 0 Å². The maximum atomic E-state index is 12.6. The van der Waals surface area contributed by atoms with Crippen LogP contribution in [0.3, 0.4) is 0 Å². The van der Waals surface area contributed by atoms with Gasteiger partial charge in [0.05, 0.1) is 4.90 Å². The predicted octanol–water partition coefficient (Wildman–Crippen LogP) is 1.55. The first kappa shape index (κ1) is 20.9. The molecule has 1 aliphatic rings. The molecule has 0 unspecified atom stereocenters. The zero-order chi connectivity index (χ0) is 22.0. The molecule has 0 bridgehead atoms. The fourth-order valence-corrected chi connectivity index (χ4v) is 4.45. The van der Waals surface area contributed by atoms with Gasteiger partial charge in [-0.25, -0.2) is 28.1 Å². The fourth-order valence-electron chi connectivity index (χ4n) is 3.37. The molecule has 31 heavy (non-hydrogen) atoms. The van der Waals surface area contributed by atoms with E-state index < -0.39 is 10.0 Å². The number of carbonyl (C=O) groups excluding carboxylic acids is 1. The number of aromatic nitrogens is 4. The number of amides is 1. The third-order valence-corrected chi connectivity index (χ3v) is 6.36. The molecule has 2 aromatic heterocycles. The minimum absolute atomic E-state index is 0.0568. The van der Waals surface area contributed by atoms with Crippen LogP contribution in [0.25, 0.3) is 5.82 Å². The van der Waals surface area contributed by atoms with E-state index in [0.29, 0.717) is 42.5 Å². The molecule has 0 aliphatic carbocycles. The predicted molar refractivity (Wildman–Crippen MR) is 116 cm³/mol. The summed E-state index contributed by atoms with van der Waals surface area (Å²) in [5.74, 6) is 2.63. The van der Waals surface area contributed by atoms with Gasteiger partial charge in [0.2, 0.25) is 15.9 Å². The number of sulfonamides is 1. The number of hydrogen-bond acceptors (Lipinski definition) is 7. The summed E-state index contributed by atoms with van der Waals surface area (Å²) in [6.45, 7) is 4.20. The van der Waals surface area contributed by atoms with Gasteiger partial charge in [-0.05, 0) is 44.0 Å². The molecule has 0 saturated heterocycles. The molecule has 0 atom stereocenters. The summed E-state index contributed by atoms with van der Waals surface area (Å²) in [6, 6.07) is 6.52. The summed E-state index contributed by atoms with van der Waals surface area (Å²) in [5, 5.41) is 5.88. The first-order valence-corrected chi connectivity index (χ1v) is 11.3. The van der Waals surface area contributed by atoms with Crippen LogP contribution in [0.5, 0.6) is 0 Å². The SMILES string of the molecule is Cc1nc(NCCNS(=O)(=O)c2ccc3c(c2)CCC(=O)N3)cc(-n2ccnc2C)n1. The summed E-state index contributed by atoms with van der Waals surface area (Å²) < 4.78 is 29.7. The molecule has 11 heteroatoms. The molecule has 0 spiro atoms. The molecule has 3 aromatic rings. The number of nitrogens with zero attached hydrogens (tertiary/aromatic N) is 4. The molecule has 3 N–H and O–H groups in total. The first-order chi connectivity index (χ1) is 14.8. The highest BCUT2D eigenvalue weighted by atomic mass is 32.2. The van der Waals surface area contributed by atoms with E-state index in [2.05, 4.69) is 30.3 Å². The topological polar surface area (TPSA) is 131 Å². The molecule has 10 nitrogen and oxygen atoms in total. The summed E-state index contributed by atoms with van der Waals surface area (Å²) in [6.07, 6.45) is 4.40. The van der Waals surface area contributed by atoms with Crippen molar-refractivity contribution in [3.8, 4) is 5.82 Å². The molecular formula is C20H23N7O3S. The zero-order valence-electron chi connectivity index (χ0n) is 17.2. The number of aryl methyl sites for hydroxylation is 3. The van der Waals surface area contributed by atoms with E-state index in [4.69, 9.17) is 0 Å². The maximum Gasteiger partial charge on any atom is 0.240 e. The normalized spacial score (nSPS) is 13.5. The molecule has 0 fully saturated rings. The molecule has 1 aromatic carbocycles. The summed E-state index contributed by atoms with van der Waals surface area (Å²) in [5.41, 5.74) is 1.49. The molecule has 1 amide bonds. The third kappa shape index (κ3) is 4.72. The van der Waals surface area contributed by atoms with Crippen LogP contribution in [0.4, 0.5) is 11.5 Å². The van der Waals surface area contributed by atoms with Crippen LogP contribution in [-0.2, 0) is 21.2 Å². The number of anilines is 2. The Hall–Kier alpha value is -3.31. The standard InChI is InChI=1S/C20H23N7O3S/c1-13-24-18(12-19(25-13)27-10-9-21-14(27)2)22-7-8-23-31(29,30)16-4-5-17-15(11-16)3-6-20(28)26-17/h4-5,9-12,23H,3,6-8H2,1-2H3,(H,26,28)(H,22,24,25).